The van der Waals surface area contributed by atoms with E-state index in [9.17, 15) is 27.2 Å². The van der Waals surface area contributed by atoms with Crippen LogP contribution in [0.25, 0.3) is 22.0 Å². The molecule has 2 aromatic carbocycles. The van der Waals surface area contributed by atoms with Crippen molar-refractivity contribution in [2.45, 2.75) is 56.9 Å². The first-order chi connectivity index (χ1) is 19.8. The third kappa shape index (κ3) is 4.64. The molecule has 0 aliphatic carbocycles. The Balaban J connectivity index is 1.64. The molecule has 224 valence electrons. The zero-order chi connectivity index (χ0) is 30.1. The van der Waals surface area contributed by atoms with Gasteiger partial charge >= 0.3 is 11.9 Å². The number of hydrogen-bond donors (Lipinski definition) is 0. The lowest BCUT2D eigenvalue weighted by molar-refractivity contribution is -0.137. The lowest BCUT2D eigenvalue weighted by Crippen LogP contribution is -2.59. The second-order valence-electron chi connectivity index (χ2n) is 11.5. The van der Waals surface area contributed by atoms with E-state index in [0.29, 0.717) is 31.5 Å². The number of aromatic nitrogens is 2. The molecule has 3 aliphatic heterocycles. The van der Waals surface area contributed by atoms with Crippen LogP contribution in [-0.2, 0) is 22.3 Å². The standard InChI is InChI=1S/C29H29F5N4O3S/c1-4-22(39)38-15(2)9-36(10-16(38)3)26-19-8-20(29(32,33)34)23(18-6-5-17(30)7-21(18)31)25-24(19)37(27(40)35-26)11-28(14-42-25)12-41-13-28/h5-8,15-16H,4,9-14H2,1-3H3/t15-,16+. The molecule has 13 heteroatoms. The molecule has 7 nitrogen and oxygen atoms in total. The van der Waals surface area contributed by atoms with Gasteiger partial charge in [-0.1, -0.05) is 6.92 Å². The maximum atomic E-state index is 15.2. The largest absolute Gasteiger partial charge is 0.417 e. The van der Waals surface area contributed by atoms with Crippen LogP contribution in [0, 0.1) is 17.0 Å². The van der Waals surface area contributed by atoms with Gasteiger partial charge in [0.2, 0.25) is 5.91 Å². The summed E-state index contributed by atoms with van der Waals surface area (Å²) < 4.78 is 80.3. The molecule has 42 heavy (non-hydrogen) atoms. The number of ether oxygens (including phenoxy) is 1. The molecule has 2 saturated heterocycles. The van der Waals surface area contributed by atoms with Gasteiger partial charge in [0.1, 0.15) is 17.5 Å². The van der Waals surface area contributed by atoms with Crippen LogP contribution in [-0.4, -0.2) is 64.5 Å². The highest BCUT2D eigenvalue weighted by molar-refractivity contribution is 7.99. The van der Waals surface area contributed by atoms with Gasteiger partial charge in [0.15, 0.2) is 0 Å². The van der Waals surface area contributed by atoms with Gasteiger partial charge in [-0.15, -0.1) is 11.8 Å². The van der Waals surface area contributed by atoms with Gasteiger partial charge < -0.3 is 14.5 Å². The summed E-state index contributed by atoms with van der Waals surface area (Å²) in [6.07, 6.45) is -4.59. The Labute approximate surface area is 242 Å². The van der Waals surface area contributed by atoms with Crippen molar-refractivity contribution in [2.24, 2.45) is 5.41 Å². The van der Waals surface area contributed by atoms with Crippen LogP contribution in [0.1, 0.15) is 32.8 Å². The second kappa shape index (κ2) is 10.2. The molecule has 2 fully saturated rings. The predicted octanol–water partition coefficient (Wildman–Crippen LogP) is 5.32. The summed E-state index contributed by atoms with van der Waals surface area (Å²) in [5.74, 6) is -1.66. The molecule has 3 aromatic rings. The van der Waals surface area contributed by atoms with E-state index in [2.05, 4.69) is 4.98 Å². The maximum absolute atomic E-state index is 15.2. The SMILES string of the molecule is CCC(=O)N1[C@H](C)CN(c2nc(=O)n3c4c(c(-c5ccc(F)cc5F)c(C(F)(F)F)cc24)SCC2(COC2)C3)C[C@@H]1C. The molecule has 0 bridgehead atoms. The number of amides is 1. The van der Waals surface area contributed by atoms with E-state index in [-0.39, 0.29) is 59.2 Å². The van der Waals surface area contributed by atoms with Crippen LogP contribution in [0.15, 0.2) is 34.0 Å². The number of piperazine rings is 1. The lowest BCUT2D eigenvalue weighted by atomic mass is 9.88. The van der Waals surface area contributed by atoms with Gasteiger partial charge in [-0.3, -0.25) is 9.36 Å². The highest BCUT2D eigenvalue weighted by atomic mass is 32.2. The molecule has 0 radical (unpaired) electrons. The molecule has 1 spiro atoms. The Morgan fingerprint density at radius 3 is 2.40 bits per heavy atom. The molecule has 0 unspecified atom stereocenters. The van der Waals surface area contributed by atoms with Gasteiger partial charge in [-0.2, -0.15) is 18.2 Å². The van der Waals surface area contributed by atoms with E-state index in [1.165, 1.54) is 4.57 Å². The van der Waals surface area contributed by atoms with Crippen molar-refractivity contribution in [3.63, 3.8) is 0 Å². The van der Waals surface area contributed by atoms with E-state index in [1.54, 1.807) is 16.7 Å². The molecule has 0 saturated carbocycles. The fraction of sp³-hybridized carbons (Fsp3) is 0.483. The number of rotatable bonds is 3. The number of anilines is 1. The summed E-state index contributed by atoms with van der Waals surface area (Å²) in [7, 11) is 0. The maximum Gasteiger partial charge on any atom is 0.417 e. The van der Waals surface area contributed by atoms with Gasteiger partial charge in [-0.25, -0.2) is 13.6 Å². The van der Waals surface area contributed by atoms with E-state index in [1.807, 2.05) is 13.8 Å². The summed E-state index contributed by atoms with van der Waals surface area (Å²) >= 11 is 1.12. The Morgan fingerprint density at radius 2 is 1.83 bits per heavy atom. The second-order valence-corrected chi connectivity index (χ2v) is 12.5. The molecular weight excluding hydrogens is 579 g/mol. The molecule has 4 heterocycles. The third-order valence-corrected chi connectivity index (χ3v) is 9.79. The number of nitrogens with zero attached hydrogens (tertiary/aromatic N) is 4. The molecule has 0 N–H and O–H groups in total. The van der Waals surface area contributed by atoms with Gasteiger partial charge in [0.25, 0.3) is 0 Å². The van der Waals surface area contributed by atoms with Crippen molar-refractivity contribution < 1.29 is 31.5 Å². The predicted molar refractivity (Wildman–Crippen MR) is 149 cm³/mol. The number of thioether (sulfide) groups is 1. The lowest BCUT2D eigenvalue weighted by Gasteiger charge is -2.45. The quantitative estimate of drug-likeness (QED) is 0.375. The van der Waals surface area contributed by atoms with E-state index >= 15 is 4.39 Å². The number of benzene rings is 2. The molecule has 6 rings (SSSR count). The first kappa shape index (κ1) is 28.9. The highest BCUT2D eigenvalue weighted by Crippen LogP contribution is 2.51. The van der Waals surface area contributed by atoms with Crippen LogP contribution >= 0.6 is 11.8 Å². The fourth-order valence-electron chi connectivity index (χ4n) is 6.45. The summed E-state index contributed by atoms with van der Waals surface area (Å²) in [5, 5.41) is 0.114. The smallest absolute Gasteiger partial charge is 0.380 e. The zero-order valence-corrected chi connectivity index (χ0v) is 24.0. The van der Waals surface area contributed by atoms with Crippen molar-refractivity contribution in [3.05, 3.63) is 51.9 Å². The van der Waals surface area contributed by atoms with Crippen molar-refractivity contribution in [1.82, 2.24) is 14.5 Å². The molecule has 1 amide bonds. The van der Waals surface area contributed by atoms with Crippen LogP contribution in [0.5, 0.6) is 0 Å². The Morgan fingerprint density at radius 1 is 1.14 bits per heavy atom. The summed E-state index contributed by atoms with van der Waals surface area (Å²) in [6.45, 7) is 6.81. The van der Waals surface area contributed by atoms with Gasteiger partial charge in [-0.05, 0) is 32.0 Å². The van der Waals surface area contributed by atoms with Gasteiger partial charge in [0.05, 0.1) is 24.3 Å². The van der Waals surface area contributed by atoms with Crippen LogP contribution in [0.4, 0.5) is 27.8 Å². The van der Waals surface area contributed by atoms with E-state index < -0.39 is 45.6 Å². The number of carbonyl (C=O) groups excluding carboxylic acids is 1. The number of hydrogen-bond acceptors (Lipinski definition) is 6. The topological polar surface area (TPSA) is 67.7 Å². The third-order valence-electron chi connectivity index (χ3n) is 8.35. The van der Waals surface area contributed by atoms with Crippen LogP contribution in [0.2, 0.25) is 0 Å². The van der Waals surface area contributed by atoms with E-state index in [0.717, 1.165) is 30.0 Å². The molecular formula is C29H29F5N4O3S. The number of alkyl halides is 3. The average molecular weight is 609 g/mol. The van der Waals surface area contributed by atoms with Crippen molar-refractivity contribution >= 4 is 34.4 Å². The van der Waals surface area contributed by atoms with Crippen molar-refractivity contribution in [3.8, 4) is 11.1 Å². The number of carbonyl (C=O) groups is 1. The Hall–Kier alpha value is -3.19. The minimum absolute atomic E-state index is 0.0363. The Kier molecular flexibility index (Phi) is 7.03. The summed E-state index contributed by atoms with van der Waals surface area (Å²) in [6, 6.07) is 2.85. The number of halogens is 5. The van der Waals surface area contributed by atoms with Crippen molar-refractivity contribution in [1.29, 1.82) is 0 Å². The average Bonchev–Trinajstić information content (AvgIpc) is 3.08. The summed E-state index contributed by atoms with van der Waals surface area (Å²) in [5.41, 5.74) is -2.84. The first-order valence-corrected chi connectivity index (χ1v) is 14.7. The minimum Gasteiger partial charge on any atom is -0.380 e. The van der Waals surface area contributed by atoms with Gasteiger partial charge in [0, 0.05) is 76.8 Å². The fourth-order valence-corrected chi connectivity index (χ4v) is 7.88. The molecule has 1 aromatic heterocycles. The van der Waals surface area contributed by atoms with Crippen LogP contribution in [0.3, 0.4) is 0 Å². The first-order valence-electron chi connectivity index (χ1n) is 13.7. The normalized spacial score (nSPS) is 21.9. The molecule has 3 aliphatic rings. The minimum atomic E-state index is -4.91. The van der Waals surface area contributed by atoms with Crippen molar-refractivity contribution in [2.75, 3.05) is 37.0 Å². The highest BCUT2D eigenvalue weighted by Gasteiger charge is 2.45. The summed E-state index contributed by atoms with van der Waals surface area (Å²) in [4.78, 5) is 34.2. The monoisotopic (exact) mass is 608 g/mol. The van der Waals surface area contributed by atoms with Crippen LogP contribution < -0.4 is 10.6 Å². The molecule has 2 atom stereocenters. The van der Waals surface area contributed by atoms with E-state index in [4.69, 9.17) is 4.74 Å². The zero-order valence-electron chi connectivity index (χ0n) is 23.2. The Bertz CT molecular complexity index is 1640.